The van der Waals surface area contributed by atoms with Crippen LogP contribution in [-0.4, -0.2) is 59.5 Å². The van der Waals surface area contributed by atoms with Gasteiger partial charge in [-0.2, -0.15) is 10.2 Å². The van der Waals surface area contributed by atoms with Crippen molar-refractivity contribution in [2.24, 2.45) is 10.2 Å². The molecule has 2 amide bonds. The zero-order valence-corrected chi connectivity index (χ0v) is 21.0. The van der Waals surface area contributed by atoms with Crippen LogP contribution in [0.3, 0.4) is 0 Å². The lowest BCUT2D eigenvalue weighted by Gasteiger charge is -2.12. The minimum Gasteiger partial charge on any atom is -0.496 e. The molecule has 0 unspecified atom stereocenters. The standard InChI is InChI=1S/C27H30N6O3/c1-32(2)23-11-7-20(8-12-23)26(34)30-28-17-19-6-15-25(36-5)22(16-19)18-29-31-27(35)21-9-13-24(14-10-21)33(3)4/h6-18H,1-5H3,(H,30,34)(H,31,35). The van der Waals surface area contributed by atoms with Crippen molar-refractivity contribution in [2.75, 3.05) is 45.1 Å². The number of nitrogens with one attached hydrogen (secondary N) is 2. The van der Waals surface area contributed by atoms with Gasteiger partial charge in [-0.1, -0.05) is 0 Å². The van der Waals surface area contributed by atoms with Crippen LogP contribution < -0.4 is 25.4 Å². The van der Waals surface area contributed by atoms with Crippen LogP contribution in [0.25, 0.3) is 0 Å². The molecule has 3 aromatic carbocycles. The highest BCUT2D eigenvalue weighted by Gasteiger charge is 2.07. The Bertz CT molecular complexity index is 1250. The molecule has 0 heterocycles. The van der Waals surface area contributed by atoms with E-state index < -0.39 is 0 Å². The van der Waals surface area contributed by atoms with Gasteiger partial charge in [0.25, 0.3) is 11.8 Å². The number of hydrazone groups is 2. The van der Waals surface area contributed by atoms with Crippen molar-refractivity contribution in [1.29, 1.82) is 0 Å². The molecule has 9 heteroatoms. The van der Waals surface area contributed by atoms with Gasteiger partial charge in [0.05, 0.1) is 19.5 Å². The second kappa shape index (κ2) is 12.2. The van der Waals surface area contributed by atoms with E-state index in [4.69, 9.17) is 4.74 Å². The van der Waals surface area contributed by atoms with Crippen molar-refractivity contribution in [3.8, 4) is 5.75 Å². The third-order valence-electron chi connectivity index (χ3n) is 5.29. The fourth-order valence-electron chi connectivity index (χ4n) is 3.21. The second-order valence-electron chi connectivity index (χ2n) is 8.28. The summed E-state index contributed by atoms with van der Waals surface area (Å²) in [7, 11) is 9.29. The Morgan fingerprint density at radius 1 is 0.722 bits per heavy atom. The smallest absolute Gasteiger partial charge is 0.271 e. The van der Waals surface area contributed by atoms with E-state index in [1.54, 1.807) is 49.6 Å². The molecular weight excluding hydrogens is 456 g/mol. The lowest BCUT2D eigenvalue weighted by molar-refractivity contribution is 0.0947. The van der Waals surface area contributed by atoms with E-state index in [0.29, 0.717) is 28.0 Å². The summed E-state index contributed by atoms with van der Waals surface area (Å²) in [4.78, 5) is 28.6. The molecule has 0 aliphatic heterocycles. The Labute approximate surface area is 211 Å². The van der Waals surface area contributed by atoms with E-state index in [-0.39, 0.29) is 11.8 Å². The number of hydrogen-bond acceptors (Lipinski definition) is 7. The zero-order valence-electron chi connectivity index (χ0n) is 21.0. The van der Waals surface area contributed by atoms with Gasteiger partial charge in [0.2, 0.25) is 0 Å². The fourth-order valence-corrected chi connectivity index (χ4v) is 3.21. The molecule has 0 atom stereocenters. The van der Waals surface area contributed by atoms with E-state index in [1.807, 2.05) is 62.3 Å². The molecule has 36 heavy (non-hydrogen) atoms. The van der Waals surface area contributed by atoms with Crippen molar-refractivity contribution in [1.82, 2.24) is 10.9 Å². The summed E-state index contributed by atoms with van der Waals surface area (Å²) in [5, 5.41) is 8.11. The van der Waals surface area contributed by atoms with Crippen LogP contribution in [0.5, 0.6) is 5.75 Å². The summed E-state index contributed by atoms with van der Waals surface area (Å²) < 4.78 is 5.38. The Morgan fingerprint density at radius 3 is 1.64 bits per heavy atom. The Morgan fingerprint density at radius 2 is 1.19 bits per heavy atom. The highest BCUT2D eigenvalue weighted by molar-refractivity contribution is 5.96. The van der Waals surface area contributed by atoms with Gasteiger partial charge < -0.3 is 14.5 Å². The fraction of sp³-hybridized carbons (Fsp3) is 0.185. The average Bonchev–Trinajstić information content (AvgIpc) is 2.88. The first-order valence-electron chi connectivity index (χ1n) is 11.2. The van der Waals surface area contributed by atoms with Crippen molar-refractivity contribution in [2.45, 2.75) is 0 Å². The van der Waals surface area contributed by atoms with E-state index in [9.17, 15) is 9.59 Å². The molecule has 0 radical (unpaired) electrons. The molecule has 3 rings (SSSR count). The first-order valence-corrected chi connectivity index (χ1v) is 11.2. The summed E-state index contributed by atoms with van der Waals surface area (Å²) in [6.07, 6.45) is 3.01. The van der Waals surface area contributed by atoms with Gasteiger partial charge in [-0.05, 0) is 72.3 Å². The second-order valence-corrected chi connectivity index (χ2v) is 8.28. The van der Waals surface area contributed by atoms with E-state index in [2.05, 4.69) is 21.1 Å². The number of rotatable bonds is 9. The maximum Gasteiger partial charge on any atom is 0.271 e. The SMILES string of the molecule is COc1ccc(C=NNC(=O)c2ccc(N(C)C)cc2)cc1C=NNC(=O)c1ccc(N(C)C)cc1. The molecular formula is C27H30N6O3. The van der Waals surface area contributed by atoms with E-state index in [1.165, 1.54) is 12.4 Å². The van der Waals surface area contributed by atoms with Gasteiger partial charge in [-0.25, -0.2) is 10.9 Å². The number of ether oxygens (including phenoxy) is 1. The molecule has 3 aromatic rings. The minimum absolute atomic E-state index is 0.312. The van der Waals surface area contributed by atoms with Gasteiger partial charge in [-0.15, -0.1) is 0 Å². The molecule has 0 aromatic heterocycles. The number of methoxy groups -OCH3 is 1. The molecule has 2 N–H and O–H groups in total. The van der Waals surface area contributed by atoms with Crippen LogP contribution in [0.15, 0.2) is 76.9 Å². The molecule has 0 fully saturated rings. The number of amides is 2. The average molecular weight is 487 g/mol. The number of carbonyl (C=O) groups is 2. The Kier molecular flexibility index (Phi) is 8.77. The number of carbonyl (C=O) groups excluding carboxylic acids is 2. The summed E-state index contributed by atoms with van der Waals surface area (Å²) in [5.41, 5.74) is 9.40. The maximum atomic E-state index is 12.4. The van der Waals surface area contributed by atoms with Gasteiger partial charge >= 0.3 is 0 Å². The number of nitrogens with zero attached hydrogens (tertiary/aromatic N) is 4. The lowest BCUT2D eigenvalue weighted by Crippen LogP contribution is -2.18. The monoisotopic (exact) mass is 486 g/mol. The molecule has 0 saturated carbocycles. The van der Waals surface area contributed by atoms with Gasteiger partial charge in [0, 0.05) is 56.3 Å². The first kappa shape index (κ1) is 26.0. The van der Waals surface area contributed by atoms with Crippen LogP contribution in [-0.2, 0) is 0 Å². The molecule has 186 valence electrons. The lowest BCUT2D eigenvalue weighted by atomic mass is 10.1. The molecule has 0 aliphatic carbocycles. The van der Waals surface area contributed by atoms with Crippen molar-refractivity contribution in [3.05, 3.63) is 89.0 Å². The molecule has 0 saturated heterocycles. The highest BCUT2D eigenvalue weighted by atomic mass is 16.5. The van der Waals surface area contributed by atoms with E-state index >= 15 is 0 Å². The number of benzene rings is 3. The van der Waals surface area contributed by atoms with Gasteiger partial charge in [0.1, 0.15) is 5.75 Å². The van der Waals surface area contributed by atoms with Crippen LogP contribution in [0.1, 0.15) is 31.8 Å². The summed E-state index contributed by atoms with van der Waals surface area (Å²) in [6, 6.07) is 19.8. The van der Waals surface area contributed by atoms with Crippen LogP contribution >= 0.6 is 0 Å². The molecule has 0 bridgehead atoms. The summed E-state index contributed by atoms with van der Waals surface area (Å²) in [5.74, 6) is -0.0618. The van der Waals surface area contributed by atoms with Crippen LogP contribution in [0, 0.1) is 0 Å². The Balaban J connectivity index is 1.63. The van der Waals surface area contributed by atoms with Crippen LogP contribution in [0.2, 0.25) is 0 Å². The topological polar surface area (TPSA) is 98.6 Å². The Hall–Kier alpha value is -4.66. The minimum atomic E-state index is -0.324. The van der Waals surface area contributed by atoms with Crippen molar-refractivity contribution >= 4 is 35.6 Å². The molecule has 9 nitrogen and oxygen atoms in total. The number of anilines is 2. The predicted molar refractivity (Wildman–Crippen MR) is 145 cm³/mol. The number of hydrogen-bond donors (Lipinski definition) is 2. The van der Waals surface area contributed by atoms with E-state index in [0.717, 1.165) is 11.4 Å². The maximum absolute atomic E-state index is 12.4. The highest BCUT2D eigenvalue weighted by Crippen LogP contribution is 2.18. The third-order valence-corrected chi connectivity index (χ3v) is 5.29. The largest absolute Gasteiger partial charge is 0.496 e. The molecule has 0 aliphatic rings. The van der Waals surface area contributed by atoms with Crippen molar-refractivity contribution in [3.63, 3.8) is 0 Å². The van der Waals surface area contributed by atoms with Gasteiger partial charge in [0.15, 0.2) is 0 Å². The predicted octanol–water partition coefficient (Wildman–Crippen LogP) is 3.36. The van der Waals surface area contributed by atoms with Crippen LogP contribution in [0.4, 0.5) is 11.4 Å². The van der Waals surface area contributed by atoms with Crippen molar-refractivity contribution < 1.29 is 14.3 Å². The molecule has 0 spiro atoms. The quantitative estimate of drug-likeness (QED) is 0.357. The third kappa shape index (κ3) is 6.92. The summed E-state index contributed by atoms with van der Waals surface area (Å²) >= 11 is 0. The first-order chi connectivity index (χ1) is 17.3. The normalized spacial score (nSPS) is 10.9. The summed E-state index contributed by atoms with van der Waals surface area (Å²) in [6.45, 7) is 0. The zero-order chi connectivity index (χ0) is 26.1. The van der Waals surface area contributed by atoms with Gasteiger partial charge in [-0.3, -0.25) is 9.59 Å².